The van der Waals surface area contributed by atoms with Crippen molar-refractivity contribution in [3.05, 3.63) is 48.0 Å². The Hall–Kier alpha value is -2.36. The van der Waals surface area contributed by atoms with E-state index in [1.54, 1.807) is 18.2 Å². The van der Waals surface area contributed by atoms with Crippen LogP contribution in [0.1, 0.15) is 25.3 Å². The van der Waals surface area contributed by atoms with Crippen molar-refractivity contribution in [1.82, 2.24) is 13.1 Å². The summed E-state index contributed by atoms with van der Waals surface area (Å²) in [5.41, 5.74) is 2.88. The minimum absolute atomic E-state index is 0.150. The molecular weight excluding hydrogens is 408 g/mol. The van der Waals surface area contributed by atoms with E-state index in [-0.39, 0.29) is 17.3 Å². The van der Waals surface area contributed by atoms with Crippen molar-refractivity contribution in [2.24, 2.45) is 5.92 Å². The molecule has 0 spiro atoms. The van der Waals surface area contributed by atoms with Crippen molar-refractivity contribution in [3.63, 3.8) is 0 Å². The minimum Gasteiger partial charge on any atom is -0.326 e. The molecule has 2 heterocycles. The van der Waals surface area contributed by atoms with E-state index in [0.29, 0.717) is 30.4 Å². The zero-order valence-corrected chi connectivity index (χ0v) is 17.7. The number of carbonyl (C=O) groups excluding carboxylic acids is 1. The first-order valence-electron chi connectivity index (χ1n) is 9.60. The van der Waals surface area contributed by atoms with Gasteiger partial charge in [-0.25, -0.2) is 8.42 Å². The van der Waals surface area contributed by atoms with Gasteiger partial charge in [-0.05, 0) is 49.1 Å². The summed E-state index contributed by atoms with van der Waals surface area (Å²) in [6.45, 7) is 2.63. The van der Waals surface area contributed by atoms with Gasteiger partial charge in [0.05, 0.1) is 17.6 Å². The molecule has 1 fully saturated rings. The molecule has 2 aromatic carbocycles. The van der Waals surface area contributed by atoms with Crippen LogP contribution in [0.25, 0.3) is 11.0 Å². The maximum atomic E-state index is 13.2. The second-order valence-corrected chi connectivity index (χ2v) is 9.56. The molecular formula is C20H22N4O3S2. The van der Waals surface area contributed by atoms with Gasteiger partial charge in [0.1, 0.15) is 15.9 Å². The quantitative estimate of drug-likeness (QED) is 0.671. The fourth-order valence-corrected chi connectivity index (χ4v) is 5.85. The number of sulfonamides is 1. The van der Waals surface area contributed by atoms with Crippen molar-refractivity contribution >= 4 is 44.4 Å². The lowest BCUT2D eigenvalue weighted by molar-refractivity contribution is -0.120. The number of benzene rings is 2. The van der Waals surface area contributed by atoms with E-state index in [1.165, 1.54) is 9.87 Å². The zero-order valence-electron chi connectivity index (χ0n) is 16.0. The Bertz CT molecular complexity index is 1130. The monoisotopic (exact) mass is 430 g/mol. The summed E-state index contributed by atoms with van der Waals surface area (Å²) in [6, 6.07) is 12.7. The summed E-state index contributed by atoms with van der Waals surface area (Å²) in [6.07, 6.45) is 2.23. The molecule has 152 valence electrons. The van der Waals surface area contributed by atoms with E-state index >= 15 is 0 Å². The van der Waals surface area contributed by atoms with E-state index in [1.807, 2.05) is 24.3 Å². The highest BCUT2D eigenvalue weighted by Crippen LogP contribution is 2.28. The van der Waals surface area contributed by atoms with Gasteiger partial charge in [0.2, 0.25) is 15.9 Å². The largest absolute Gasteiger partial charge is 0.326 e. The SMILES string of the molecule is CCc1ccc(NC(=O)[C@@H]2CCCN(S(=O)(=O)c3cccc4nsnc34)C2)cc1. The van der Waals surface area contributed by atoms with Crippen molar-refractivity contribution in [3.8, 4) is 0 Å². The molecule has 1 atom stereocenters. The molecule has 1 saturated heterocycles. The van der Waals surface area contributed by atoms with Crippen LogP contribution in [0.4, 0.5) is 5.69 Å². The number of aryl methyl sites for hydroxylation is 1. The van der Waals surface area contributed by atoms with Crippen molar-refractivity contribution in [2.75, 3.05) is 18.4 Å². The number of piperidine rings is 1. The standard InChI is InChI=1S/C20H22N4O3S2/c1-2-14-8-10-16(11-9-14)21-20(25)15-5-4-12-24(13-15)29(26,27)18-7-3-6-17-19(18)23-28-22-17/h3,6-11,15H,2,4-5,12-13H2,1H3,(H,21,25)/t15-/m1/s1. The third-order valence-corrected chi connectivity index (χ3v) is 7.69. The summed E-state index contributed by atoms with van der Waals surface area (Å²) in [4.78, 5) is 12.9. The van der Waals surface area contributed by atoms with E-state index in [4.69, 9.17) is 0 Å². The number of fused-ring (bicyclic) bond motifs is 1. The van der Waals surface area contributed by atoms with E-state index in [2.05, 4.69) is 21.0 Å². The lowest BCUT2D eigenvalue weighted by atomic mass is 9.98. The van der Waals surface area contributed by atoms with Gasteiger partial charge in [0.15, 0.2) is 0 Å². The molecule has 9 heteroatoms. The molecule has 1 aromatic heterocycles. The van der Waals surface area contributed by atoms with Gasteiger partial charge >= 0.3 is 0 Å². The Morgan fingerprint density at radius 2 is 2.00 bits per heavy atom. The Morgan fingerprint density at radius 1 is 1.21 bits per heavy atom. The second kappa shape index (κ2) is 8.17. The average molecular weight is 431 g/mol. The zero-order chi connectivity index (χ0) is 20.4. The average Bonchev–Trinajstić information content (AvgIpc) is 3.23. The topological polar surface area (TPSA) is 92.3 Å². The van der Waals surface area contributed by atoms with Gasteiger partial charge in [0.25, 0.3) is 0 Å². The number of amides is 1. The van der Waals surface area contributed by atoms with Crippen molar-refractivity contribution < 1.29 is 13.2 Å². The maximum Gasteiger partial charge on any atom is 0.245 e. The van der Waals surface area contributed by atoms with E-state index in [0.717, 1.165) is 23.8 Å². The first kappa shape index (κ1) is 19.9. The molecule has 0 aliphatic carbocycles. The molecule has 1 aliphatic heterocycles. The molecule has 0 saturated carbocycles. The van der Waals surface area contributed by atoms with Crippen LogP contribution in [0.3, 0.4) is 0 Å². The van der Waals surface area contributed by atoms with Crippen LogP contribution < -0.4 is 5.32 Å². The lowest BCUT2D eigenvalue weighted by Crippen LogP contribution is -2.43. The first-order valence-corrected chi connectivity index (χ1v) is 11.8. The van der Waals surface area contributed by atoms with Crippen LogP contribution >= 0.6 is 11.7 Å². The normalized spacial score (nSPS) is 18.0. The molecule has 0 radical (unpaired) electrons. The second-order valence-electron chi connectivity index (χ2n) is 7.13. The molecule has 1 amide bonds. The molecule has 3 aromatic rings. The van der Waals surface area contributed by atoms with Gasteiger partial charge in [-0.1, -0.05) is 25.1 Å². The molecule has 4 rings (SSSR count). The number of aromatic nitrogens is 2. The fraction of sp³-hybridized carbons (Fsp3) is 0.350. The van der Waals surface area contributed by atoms with Gasteiger partial charge in [-0.15, -0.1) is 0 Å². The van der Waals surface area contributed by atoms with Crippen LogP contribution in [-0.4, -0.2) is 40.5 Å². The van der Waals surface area contributed by atoms with Crippen LogP contribution in [0.2, 0.25) is 0 Å². The molecule has 1 aliphatic rings. The van der Waals surface area contributed by atoms with Gasteiger partial charge < -0.3 is 5.32 Å². The molecule has 0 unspecified atom stereocenters. The van der Waals surface area contributed by atoms with Crippen LogP contribution in [-0.2, 0) is 21.2 Å². The number of nitrogens with one attached hydrogen (secondary N) is 1. The highest BCUT2D eigenvalue weighted by Gasteiger charge is 2.34. The first-order chi connectivity index (χ1) is 14.0. The molecule has 7 nitrogen and oxygen atoms in total. The smallest absolute Gasteiger partial charge is 0.245 e. The van der Waals surface area contributed by atoms with Gasteiger partial charge in [-0.2, -0.15) is 13.1 Å². The highest BCUT2D eigenvalue weighted by atomic mass is 32.2. The van der Waals surface area contributed by atoms with Crippen molar-refractivity contribution in [1.29, 1.82) is 0 Å². The third kappa shape index (κ3) is 4.03. The summed E-state index contributed by atoms with van der Waals surface area (Å²) < 4.78 is 36.1. The van der Waals surface area contributed by atoms with Crippen LogP contribution in [0.15, 0.2) is 47.4 Å². The number of rotatable bonds is 5. The summed E-state index contributed by atoms with van der Waals surface area (Å²) in [7, 11) is -3.75. The Balaban J connectivity index is 1.51. The summed E-state index contributed by atoms with van der Waals surface area (Å²) in [5.74, 6) is -0.542. The van der Waals surface area contributed by atoms with Gasteiger partial charge in [0, 0.05) is 18.8 Å². The third-order valence-electron chi connectivity index (χ3n) is 5.25. The number of anilines is 1. The lowest BCUT2D eigenvalue weighted by Gasteiger charge is -2.31. The summed E-state index contributed by atoms with van der Waals surface area (Å²) >= 11 is 0.992. The molecule has 0 bridgehead atoms. The number of carbonyl (C=O) groups is 1. The Labute approximate surface area is 174 Å². The number of hydrogen-bond acceptors (Lipinski definition) is 6. The number of hydrogen-bond donors (Lipinski definition) is 1. The molecule has 29 heavy (non-hydrogen) atoms. The Morgan fingerprint density at radius 3 is 2.76 bits per heavy atom. The molecule has 1 N–H and O–H groups in total. The maximum absolute atomic E-state index is 13.2. The number of nitrogens with zero attached hydrogens (tertiary/aromatic N) is 3. The van der Waals surface area contributed by atoms with E-state index in [9.17, 15) is 13.2 Å². The predicted octanol–water partition coefficient (Wildman–Crippen LogP) is 3.29. The van der Waals surface area contributed by atoms with Gasteiger partial charge in [-0.3, -0.25) is 4.79 Å². The minimum atomic E-state index is -3.75. The summed E-state index contributed by atoms with van der Waals surface area (Å²) in [5, 5.41) is 2.92. The Kier molecular flexibility index (Phi) is 5.62. The van der Waals surface area contributed by atoms with E-state index < -0.39 is 15.9 Å². The predicted molar refractivity (Wildman–Crippen MR) is 113 cm³/mol. The van der Waals surface area contributed by atoms with Crippen molar-refractivity contribution in [2.45, 2.75) is 31.1 Å². The van der Waals surface area contributed by atoms with Crippen LogP contribution in [0.5, 0.6) is 0 Å². The fourth-order valence-electron chi connectivity index (χ4n) is 3.57. The highest BCUT2D eigenvalue weighted by molar-refractivity contribution is 7.89. The van der Waals surface area contributed by atoms with Crippen LogP contribution in [0, 0.1) is 5.92 Å².